The third-order valence-corrected chi connectivity index (χ3v) is 6.29. The van der Waals surface area contributed by atoms with Crippen LogP contribution in [-0.2, 0) is 0 Å². The fourth-order valence-corrected chi connectivity index (χ4v) is 4.65. The van der Waals surface area contributed by atoms with Crippen molar-refractivity contribution in [2.45, 2.75) is 0 Å². The van der Waals surface area contributed by atoms with Crippen LogP contribution in [0.1, 0.15) is 0 Å². The average molecular weight is 530 g/mol. The van der Waals surface area contributed by atoms with Gasteiger partial charge in [-0.25, -0.2) is 14.4 Å². The number of hydrogen-bond acceptors (Lipinski definition) is 12. The fraction of sp³-hybridized carbons (Fsp3) is 0. The summed E-state index contributed by atoms with van der Waals surface area (Å²) in [4.78, 5) is 35.8. The SMILES string of the molecule is O=c1ccc2c(-c3c(O)c(O)c(-c4c(O)c(O)cc5oc(=O)ccc45)c4oc(=O)ccc34)c(O)c(O)cc2o1. The van der Waals surface area contributed by atoms with Crippen molar-refractivity contribution in [3.8, 4) is 56.8 Å². The number of phenols is 6. The number of fused-ring (bicyclic) bond motifs is 3. The molecule has 194 valence electrons. The Morgan fingerprint density at radius 1 is 0.436 bits per heavy atom. The molecule has 0 saturated heterocycles. The molecule has 0 amide bonds. The highest BCUT2D eigenvalue weighted by molar-refractivity contribution is 6.16. The molecule has 0 atom stereocenters. The number of hydrogen-bond donors (Lipinski definition) is 6. The van der Waals surface area contributed by atoms with Gasteiger partial charge in [0.05, 0.1) is 5.56 Å². The second-order valence-corrected chi connectivity index (χ2v) is 8.52. The first kappa shape index (κ1) is 23.5. The Morgan fingerprint density at radius 3 is 1.33 bits per heavy atom. The van der Waals surface area contributed by atoms with Crippen LogP contribution in [0.5, 0.6) is 34.5 Å². The van der Waals surface area contributed by atoms with Gasteiger partial charge in [0.15, 0.2) is 40.1 Å². The molecule has 0 bridgehead atoms. The summed E-state index contributed by atoms with van der Waals surface area (Å²) >= 11 is 0. The fourth-order valence-electron chi connectivity index (χ4n) is 4.65. The molecule has 3 aromatic heterocycles. The zero-order valence-electron chi connectivity index (χ0n) is 19.3. The van der Waals surface area contributed by atoms with E-state index in [0.717, 1.165) is 30.3 Å². The molecule has 3 aromatic carbocycles. The summed E-state index contributed by atoms with van der Waals surface area (Å²) in [6.07, 6.45) is 0. The van der Waals surface area contributed by atoms with Crippen LogP contribution in [0.4, 0.5) is 0 Å². The lowest BCUT2D eigenvalue weighted by Gasteiger charge is -2.19. The molecule has 12 heteroatoms. The Morgan fingerprint density at radius 2 is 0.821 bits per heavy atom. The zero-order valence-corrected chi connectivity index (χ0v) is 19.3. The summed E-state index contributed by atoms with van der Waals surface area (Å²) in [6, 6.07) is 8.63. The second-order valence-electron chi connectivity index (χ2n) is 8.52. The first-order valence-corrected chi connectivity index (χ1v) is 11.1. The maximum Gasteiger partial charge on any atom is 0.336 e. The predicted molar refractivity (Wildman–Crippen MR) is 135 cm³/mol. The molecule has 0 unspecified atom stereocenters. The van der Waals surface area contributed by atoms with Crippen LogP contribution in [0.15, 0.2) is 76.2 Å². The van der Waals surface area contributed by atoms with Crippen LogP contribution in [-0.4, -0.2) is 30.6 Å². The quantitative estimate of drug-likeness (QED) is 0.140. The van der Waals surface area contributed by atoms with Crippen LogP contribution >= 0.6 is 0 Å². The summed E-state index contributed by atoms with van der Waals surface area (Å²) in [5.41, 5.74) is -4.71. The van der Waals surface area contributed by atoms with E-state index in [0.29, 0.717) is 0 Å². The number of phenolic OH excluding ortho intramolecular Hbond substituents is 6. The van der Waals surface area contributed by atoms with Gasteiger partial charge in [-0.2, -0.15) is 0 Å². The van der Waals surface area contributed by atoms with Crippen molar-refractivity contribution in [3.05, 3.63) is 79.8 Å². The van der Waals surface area contributed by atoms with Crippen LogP contribution in [0.3, 0.4) is 0 Å². The Kier molecular flexibility index (Phi) is 4.85. The third-order valence-electron chi connectivity index (χ3n) is 6.29. The van der Waals surface area contributed by atoms with Crippen molar-refractivity contribution in [2.24, 2.45) is 0 Å². The lowest BCUT2D eigenvalue weighted by Crippen LogP contribution is -2.00. The minimum Gasteiger partial charge on any atom is -0.504 e. The smallest absolute Gasteiger partial charge is 0.336 e. The maximum atomic E-state index is 12.3. The number of rotatable bonds is 2. The van der Waals surface area contributed by atoms with Crippen molar-refractivity contribution in [1.29, 1.82) is 0 Å². The normalized spacial score (nSPS) is 11.5. The maximum absolute atomic E-state index is 12.3. The van der Waals surface area contributed by atoms with E-state index in [9.17, 15) is 45.0 Å². The Bertz CT molecular complexity index is 2200. The van der Waals surface area contributed by atoms with Gasteiger partial charge in [0.25, 0.3) is 0 Å². The second kappa shape index (κ2) is 8.05. The Balaban J connectivity index is 1.85. The monoisotopic (exact) mass is 530 g/mol. The molecule has 3 heterocycles. The minimum absolute atomic E-state index is 0.00687. The Labute approximate surface area is 213 Å². The molecule has 39 heavy (non-hydrogen) atoms. The van der Waals surface area contributed by atoms with Crippen molar-refractivity contribution in [2.75, 3.05) is 0 Å². The van der Waals surface area contributed by atoms with Crippen molar-refractivity contribution < 1.29 is 43.9 Å². The number of aromatic hydroxyl groups is 6. The highest BCUT2D eigenvalue weighted by Gasteiger charge is 2.30. The van der Waals surface area contributed by atoms with E-state index in [1.807, 2.05) is 0 Å². The molecule has 6 aromatic rings. The Hall–Kier alpha value is -5.91. The topological polar surface area (TPSA) is 212 Å². The molecule has 12 nitrogen and oxygen atoms in total. The van der Waals surface area contributed by atoms with E-state index < -0.39 is 62.5 Å². The van der Waals surface area contributed by atoms with E-state index in [2.05, 4.69) is 0 Å². The average Bonchev–Trinajstić information content (AvgIpc) is 2.88. The van der Waals surface area contributed by atoms with E-state index in [1.165, 1.54) is 18.2 Å². The van der Waals surface area contributed by atoms with Crippen molar-refractivity contribution in [3.63, 3.8) is 0 Å². The molecule has 0 fully saturated rings. The van der Waals surface area contributed by atoms with Crippen LogP contribution in [0, 0.1) is 0 Å². The van der Waals surface area contributed by atoms with Gasteiger partial charge >= 0.3 is 16.9 Å². The zero-order chi connectivity index (χ0) is 27.7. The lowest BCUT2D eigenvalue weighted by molar-refractivity contribution is 0.398. The molecule has 6 N–H and O–H groups in total. The van der Waals surface area contributed by atoms with Gasteiger partial charge in [-0.3, -0.25) is 0 Å². The van der Waals surface area contributed by atoms with Gasteiger partial charge in [-0.15, -0.1) is 0 Å². The predicted octanol–water partition coefficient (Wildman–Crippen LogP) is 3.57. The summed E-state index contributed by atoms with van der Waals surface area (Å²) < 4.78 is 15.6. The minimum atomic E-state index is -0.978. The van der Waals surface area contributed by atoms with Gasteiger partial charge in [0.2, 0.25) is 0 Å². The molecule has 0 radical (unpaired) electrons. The van der Waals surface area contributed by atoms with Crippen LogP contribution < -0.4 is 16.9 Å². The summed E-state index contributed by atoms with van der Waals surface area (Å²) in [5.74, 6) is -4.95. The van der Waals surface area contributed by atoms with E-state index in [1.54, 1.807) is 0 Å². The van der Waals surface area contributed by atoms with E-state index in [-0.39, 0.29) is 44.0 Å². The number of benzene rings is 3. The standard InChI is InChI=1S/C27H14O12/c28-12-7-14-9(1-4-16(30)37-14)19(23(12)33)21-11-3-6-18(32)39-27(11)22(26(36)25(21)35)20-10-2-5-17(31)38-15(10)8-13(29)24(20)34/h1-8,28-29,33-36H. The highest BCUT2D eigenvalue weighted by Crippen LogP contribution is 2.56. The summed E-state index contributed by atoms with van der Waals surface area (Å²) in [6.45, 7) is 0. The molecule has 0 saturated carbocycles. The van der Waals surface area contributed by atoms with Gasteiger partial charge in [0.1, 0.15) is 11.2 Å². The van der Waals surface area contributed by atoms with Crippen LogP contribution in [0.25, 0.3) is 55.2 Å². The highest BCUT2D eigenvalue weighted by atomic mass is 16.4. The molecule has 0 aliphatic rings. The largest absolute Gasteiger partial charge is 0.504 e. The van der Waals surface area contributed by atoms with Crippen molar-refractivity contribution in [1.82, 2.24) is 0 Å². The summed E-state index contributed by atoms with van der Waals surface area (Å²) in [7, 11) is 0. The van der Waals surface area contributed by atoms with E-state index >= 15 is 0 Å². The van der Waals surface area contributed by atoms with Crippen LogP contribution in [0.2, 0.25) is 0 Å². The van der Waals surface area contributed by atoms with Crippen molar-refractivity contribution >= 4 is 32.9 Å². The molecular weight excluding hydrogens is 516 g/mol. The van der Waals surface area contributed by atoms with Gasteiger partial charge in [0, 0.05) is 63.2 Å². The van der Waals surface area contributed by atoms with E-state index in [4.69, 9.17) is 13.3 Å². The molecule has 0 spiro atoms. The molecular formula is C27H14O12. The van der Waals surface area contributed by atoms with Gasteiger partial charge in [-0.1, -0.05) is 0 Å². The first-order valence-electron chi connectivity index (χ1n) is 11.1. The third kappa shape index (κ3) is 3.35. The lowest BCUT2D eigenvalue weighted by atomic mass is 9.89. The first-order chi connectivity index (χ1) is 18.6. The molecule has 6 rings (SSSR count). The molecule has 0 aliphatic heterocycles. The molecule has 0 aliphatic carbocycles. The van der Waals surface area contributed by atoms with Gasteiger partial charge in [-0.05, 0) is 18.2 Å². The van der Waals surface area contributed by atoms with Gasteiger partial charge < -0.3 is 43.9 Å². The summed E-state index contributed by atoms with van der Waals surface area (Å²) in [5, 5.41) is 64.8.